The molecule has 6 nitrogen and oxygen atoms in total. The first-order chi connectivity index (χ1) is 11.7. The highest BCUT2D eigenvalue weighted by molar-refractivity contribution is 6.31. The number of aliphatic hydroxyl groups excluding tert-OH is 4. The lowest BCUT2D eigenvalue weighted by Gasteiger charge is -2.39. The summed E-state index contributed by atoms with van der Waals surface area (Å²) in [5.41, 5.74) is -3.74. The summed E-state index contributed by atoms with van der Waals surface area (Å²) in [4.78, 5) is 13.5. The van der Waals surface area contributed by atoms with Crippen LogP contribution in [0.25, 0.3) is 0 Å². The molecule has 0 unspecified atom stereocenters. The second-order valence-electron chi connectivity index (χ2n) is 6.20. The number of carbonyl (C=O) groups is 1. The number of amides is 1. The average Bonchev–Trinajstić information content (AvgIpc) is 2.97. The molecule has 1 aromatic carbocycles. The van der Waals surface area contributed by atoms with Gasteiger partial charge < -0.3 is 25.3 Å². The van der Waals surface area contributed by atoms with Crippen LogP contribution >= 0.6 is 11.6 Å². The van der Waals surface area contributed by atoms with Crippen LogP contribution in [0.4, 0.5) is 13.2 Å². The number of rotatable bonds is 5. The molecule has 1 aromatic rings. The van der Waals surface area contributed by atoms with E-state index in [0.29, 0.717) is 6.07 Å². The van der Waals surface area contributed by atoms with Crippen molar-refractivity contribution < 1.29 is 38.4 Å². The number of likely N-dealkylation sites (tertiary alicyclic amines) is 1. The monoisotopic (exact) mass is 383 g/mol. The zero-order valence-electron chi connectivity index (χ0n) is 13.0. The number of hydrogen-bond acceptors (Lipinski definition) is 5. The van der Waals surface area contributed by atoms with E-state index in [4.69, 9.17) is 11.6 Å². The van der Waals surface area contributed by atoms with Gasteiger partial charge in [0.15, 0.2) is 17.5 Å². The molecular formula is C15H17ClF3NO5. The zero-order chi connectivity index (χ0) is 19.0. The second kappa shape index (κ2) is 7.08. The molecule has 1 fully saturated rings. The van der Waals surface area contributed by atoms with E-state index in [1.54, 1.807) is 0 Å². The van der Waals surface area contributed by atoms with Gasteiger partial charge in [-0.15, -0.1) is 0 Å². The van der Waals surface area contributed by atoms with Crippen molar-refractivity contribution in [1.82, 2.24) is 4.90 Å². The minimum atomic E-state index is -1.63. The minimum Gasteiger partial charge on any atom is -0.396 e. The van der Waals surface area contributed by atoms with Crippen molar-refractivity contribution in [3.8, 4) is 0 Å². The normalized spacial score (nSPS) is 18.6. The predicted molar refractivity (Wildman–Crippen MR) is 80.4 cm³/mol. The second-order valence-corrected chi connectivity index (χ2v) is 6.58. The van der Waals surface area contributed by atoms with Crippen molar-refractivity contribution in [3.05, 3.63) is 34.1 Å². The molecule has 25 heavy (non-hydrogen) atoms. The first kappa shape index (κ1) is 19.9. The number of nitrogens with zero attached hydrogens (tertiary/aromatic N) is 1. The topological polar surface area (TPSA) is 101 Å². The van der Waals surface area contributed by atoms with Crippen molar-refractivity contribution >= 4 is 17.5 Å². The van der Waals surface area contributed by atoms with E-state index in [1.165, 1.54) is 0 Å². The Labute approximate surface area is 146 Å². The quantitative estimate of drug-likeness (QED) is 0.428. The molecule has 0 aliphatic carbocycles. The fraction of sp³-hybridized carbons (Fsp3) is 0.533. The Morgan fingerprint density at radius 1 is 1.00 bits per heavy atom. The molecular weight excluding hydrogens is 367 g/mol. The molecule has 1 aliphatic rings. The van der Waals surface area contributed by atoms with Crippen LogP contribution in [0.5, 0.6) is 0 Å². The summed E-state index contributed by atoms with van der Waals surface area (Å²) < 4.78 is 40.8. The van der Waals surface area contributed by atoms with E-state index in [9.17, 15) is 38.4 Å². The summed E-state index contributed by atoms with van der Waals surface area (Å²) in [5, 5.41) is 37.4. The number of halogens is 4. The molecule has 1 saturated heterocycles. The summed E-state index contributed by atoms with van der Waals surface area (Å²) in [7, 11) is 0. The molecule has 0 saturated carbocycles. The van der Waals surface area contributed by atoms with Crippen LogP contribution < -0.4 is 0 Å². The molecule has 1 heterocycles. The molecule has 0 radical (unpaired) electrons. The van der Waals surface area contributed by atoms with Crippen LogP contribution in [0.2, 0.25) is 5.02 Å². The smallest absolute Gasteiger partial charge is 0.257 e. The highest BCUT2D eigenvalue weighted by Crippen LogP contribution is 2.46. The van der Waals surface area contributed by atoms with E-state index in [-0.39, 0.29) is 13.1 Å². The molecule has 1 aliphatic heterocycles. The zero-order valence-corrected chi connectivity index (χ0v) is 13.7. The summed E-state index contributed by atoms with van der Waals surface area (Å²) in [6.07, 6.45) is 0. The maximum Gasteiger partial charge on any atom is 0.257 e. The highest BCUT2D eigenvalue weighted by atomic mass is 35.5. The third kappa shape index (κ3) is 2.89. The Kier molecular flexibility index (Phi) is 5.65. The molecule has 1 amide bonds. The minimum absolute atomic E-state index is 0.337. The van der Waals surface area contributed by atoms with Crippen molar-refractivity contribution in [1.29, 1.82) is 0 Å². The number of aliphatic hydroxyl groups is 4. The van der Waals surface area contributed by atoms with E-state index in [1.807, 2.05) is 0 Å². The third-order valence-electron chi connectivity index (χ3n) is 4.94. The summed E-state index contributed by atoms with van der Waals surface area (Å²) in [6.45, 7) is -3.36. The predicted octanol–water partition coefficient (Wildman–Crippen LogP) is 0.155. The van der Waals surface area contributed by atoms with Gasteiger partial charge in [0.1, 0.15) is 5.02 Å². The van der Waals surface area contributed by atoms with Gasteiger partial charge in [0.05, 0.1) is 32.0 Å². The third-order valence-corrected chi connectivity index (χ3v) is 5.27. The van der Waals surface area contributed by atoms with Gasteiger partial charge in [0.25, 0.3) is 5.91 Å². The highest BCUT2D eigenvalue weighted by Gasteiger charge is 2.58. The van der Waals surface area contributed by atoms with Gasteiger partial charge in [-0.3, -0.25) is 4.79 Å². The maximum atomic E-state index is 14.1. The van der Waals surface area contributed by atoms with Crippen molar-refractivity contribution in [2.24, 2.45) is 10.8 Å². The first-order valence-corrected chi connectivity index (χ1v) is 7.66. The van der Waals surface area contributed by atoms with Crippen molar-refractivity contribution in [3.63, 3.8) is 0 Å². The first-order valence-electron chi connectivity index (χ1n) is 7.28. The molecule has 10 heteroatoms. The molecule has 4 N–H and O–H groups in total. The molecule has 0 spiro atoms. The van der Waals surface area contributed by atoms with Gasteiger partial charge >= 0.3 is 0 Å². The standard InChI is InChI=1S/C15H17ClF3NO5/c16-10-11(18)8(1-9(17)12(10)19)13(25)20-2-14(4-21,5-22)15(3-20,6-23)7-24/h1,21-24H,2-7H2. The van der Waals surface area contributed by atoms with E-state index in [0.717, 1.165) is 4.90 Å². The van der Waals surface area contributed by atoms with E-state index >= 15 is 0 Å². The molecule has 2 rings (SSSR count). The Hall–Kier alpha value is -1.39. The molecule has 0 aromatic heterocycles. The lowest BCUT2D eigenvalue weighted by Crippen LogP contribution is -2.51. The van der Waals surface area contributed by atoms with Crippen LogP contribution in [0, 0.1) is 28.3 Å². The molecule has 140 valence electrons. The fourth-order valence-corrected chi connectivity index (χ4v) is 3.33. The largest absolute Gasteiger partial charge is 0.396 e. The van der Waals surface area contributed by atoms with Crippen molar-refractivity contribution in [2.75, 3.05) is 39.5 Å². The van der Waals surface area contributed by atoms with Gasteiger partial charge in [0.2, 0.25) is 0 Å². The van der Waals surface area contributed by atoms with Crippen LogP contribution in [0.1, 0.15) is 10.4 Å². The Morgan fingerprint density at radius 2 is 1.44 bits per heavy atom. The van der Waals surface area contributed by atoms with Gasteiger partial charge in [-0.25, -0.2) is 13.2 Å². The number of carbonyl (C=O) groups excluding carboxylic acids is 1. The van der Waals surface area contributed by atoms with Crippen LogP contribution in [-0.4, -0.2) is 70.8 Å². The lowest BCUT2D eigenvalue weighted by atomic mass is 9.67. The van der Waals surface area contributed by atoms with Gasteiger partial charge in [0, 0.05) is 23.9 Å². The van der Waals surface area contributed by atoms with E-state index in [2.05, 4.69) is 0 Å². The summed E-state index contributed by atoms with van der Waals surface area (Å²) >= 11 is 5.34. The van der Waals surface area contributed by atoms with Crippen LogP contribution in [0.3, 0.4) is 0 Å². The SMILES string of the molecule is O=C(c1cc(F)c(F)c(Cl)c1F)N1CC(CO)(CO)C(CO)(CO)C1. The van der Waals surface area contributed by atoms with Gasteiger partial charge in [-0.05, 0) is 6.07 Å². The Morgan fingerprint density at radius 3 is 1.84 bits per heavy atom. The van der Waals surface area contributed by atoms with Gasteiger partial charge in [-0.1, -0.05) is 11.6 Å². The number of benzene rings is 1. The number of hydrogen-bond donors (Lipinski definition) is 4. The summed E-state index contributed by atoms with van der Waals surface area (Å²) in [6, 6.07) is 0.357. The van der Waals surface area contributed by atoms with Crippen LogP contribution in [-0.2, 0) is 0 Å². The lowest BCUT2D eigenvalue weighted by molar-refractivity contribution is -0.0783. The van der Waals surface area contributed by atoms with E-state index < -0.39 is 71.2 Å². The maximum absolute atomic E-state index is 14.1. The fourth-order valence-electron chi connectivity index (χ4n) is 3.14. The van der Waals surface area contributed by atoms with Crippen LogP contribution in [0.15, 0.2) is 6.07 Å². The Balaban J connectivity index is 2.46. The van der Waals surface area contributed by atoms with Crippen molar-refractivity contribution in [2.45, 2.75) is 0 Å². The van der Waals surface area contributed by atoms with Gasteiger partial charge in [-0.2, -0.15) is 0 Å². The average molecular weight is 384 g/mol. The molecule has 0 bridgehead atoms. The Bertz CT molecular complexity index is 660. The summed E-state index contributed by atoms with van der Waals surface area (Å²) in [5.74, 6) is -5.67. The molecule has 0 atom stereocenters.